The molecule has 2 aromatic carbocycles. The van der Waals surface area contributed by atoms with Crippen molar-refractivity contribution >= 4 is 38.6 Å². The minimum absolute atomic E-state index is 0.000625. The highest BCUT2D eigenvalue weighted by Gasteiger charge is 2.21. The predicted octanol–water partition coefficient (Wildman–Crippen LogP) is 5.17. The molecule has 0 radical (unpaired) electrons. The van der Waals surface area contributed by atoms with Gasteiger partial charge >= 0.3 is 5.97 Å². The molecule has 0 saturated heterocycles. The second kappa shape index (κ2) is 7.79. The molecular formula is C19H16BrNO6. The van der Waals surface area contributed by atoms with Gasteiger partial charge in [0.05, 0.1) is 16.0 Å². The van der Waals surface area contributed by atoms with E-state index in [2.05, 4.69) is 15.9 Å². The van der Waals surface area contributed by atoms with Crippen molar-refractivity contribution in [1.29, 1.82) is 0 Å². The largest absolute Gasteiger partial charge is 0.488 e. The Labute approximate surface area is 163 Å². The quantitative estimate of drug-likeness (QED) is 0.302. The van der Waals surface area contributed by atoms with Gasteiger partial charge in [-0.15, -0.1) is 0 Å². The van der Waals surface area contributed by atoms with Crippen molar-refractivity contribution in [2.75, 3.05) is 6.61 Å². The maximum absolute atomic E-state index is 12.2. The fourth-order valence-electron chi connectivity index (χ4n) is 2.71. The molecule has 1 heterocycles. The van der Waals surface area contributed by atoms with Crippen LogP contribution in [-0.4, -0.2) is 17.5 Å². The maximum atomic E-state index is 12.2. The van der Waals surface area contributed by atoms with Crippen LogP contribution in [0.1, 0.15) is 28.6 Å². The van der Waals surface area contributed by atoms with Crippen LogP contribution in [0.4, 0.5) is 5.69 Å². The summed E-state index contributed by atoms with van der Waals surface area (Å²) < 4.78 is 17.2. The highest BCUT2D eigenvalue weighted by Crippen LogP contribution is 2.35. The van der Waals surface area contributed by atoms with Gasteiger partial charge in [-0.05, 0) is 47.5 Å². The summed E-state index contributed by atoms with van der Waals surface area (Å²) in [5.74, 6) is 0.493. The first-order valence-corrected chi connectivity index (χ1v) is 8.96. The number of furan rings is 1. The van der Waals surface area contributed by atoms with E-state index in [4.69, 9.17) is 13.9 Å². The Morgan fingerprint density at radius 2 is 2.07 bits per heavy atom. The molecule has 0 N–H and O–H groups in total. The van der Waals surface area contributed by atoms with Crippen molar-refractivity contribution in [3.05, 3.63) is 67.9 Å². The molecule has 0 aliphatic heterocycles. The number of nitro benzene ring substituents is 1. The van der Waals surface area contributed by atoms with E-state index in [1.165, 1.54) is 12.1 Å². The molecule has 1 aromatic heterocycles. The summed E-state index contributed by atoms with van der Waals surface area (Å²) in [4.78, 5) is 22.7. The lowest BCUT2D eigenvalue weighted by molar-refractivity contribution is -0.384. The van der Waals surface area contributed by atoms with Crippen LogP contribution in [0.25, 0.3) is 11.0 Å². The standard InChI is InChI=1S/C19H16BrNO6/c1-3-25-19(22)18-11(2)27-16-9-15(20)17(8-14(16)18)26-10-12-5-4-6-13(7-12)21(23)24/h4-9H,3,10H2,1-2H3. The number of fused-ring (bicyclic) bond motifs is 1. The first-order chi connectivity index (χ1) is 12.9. The SMILES string of the molecule is CCOC(=O)c1c(C)oc2cc(Br)c(OCc3cccc([N+](=O)[O-])c3)cc12. The molecule has 8 heteroatoms. The third-order valence-corrected chi connectivity index (χ3v) is 4.53. The number of nitrogens with zero attached hydrogens (tertiary/aromatic N) is 1. The van der Waals surface area contributed by atoms with Crippen LogP contribution in [0, 0.1) is 17.0 Å². The number of non-ortho nitro benzene ring substituents is 1. The van der Waals surface area contributed by atoms with E-state index in [-0.39, 0.29) is 18.9 Å². The number of nitro groups is 1. The van der Waals surface area contributed by atoms with E-state index < -0.39 is 10.9 Å². The van der Waals surface area contributed by atoms with Crippen molar-refractivity contribution in [1.82, 2.24) is 0 Å². The average molecular weight is 434 g/mol. The molecule has 3 aromatic rings. The van der Waals surface area contributed by atoms with Crippen molar-refractivity contribution < 1.29 is 23.6 Å². The summed E-state index contributed by atoms with van der Waals surface area (Å²) in [6.45, 7) is 3.83. The number of rotatable bonds is 6. The zero-order valence-corrected chi connectivity index (χ0v) is 16.2. The summed E-state index contributed by atoms with van der Waals surface area (Å²) in [6, 6.07) is 9.63. The molecule has 3 rings (SSSR count). The molecule has 0 aliphatic rings. The second-order valence-electron chi connectivity index (χ2n) is 5.75. The Balaban J connectivity index is 1.91. The molecule has 0 bridgehead atoms. The second-order valence-corrected chi connectivity index (χ2v) is 6.60. The molecule has 0 atom stereocenters. The van der Waals surface area contributed by atoms with Gasteiger partial charge in [-0.2, -0.15) is 0 Å². The summed E-state index contributed by atoms with van der Waals surface area (Å²) in [6.07, 6.45) is 0. The van der Waals surface area contributed by atoms with Crippen LogP contribution >= 0.6 is 15.9 Å². The Bertz CT molecular complexity index is 1030. The molecule has 0 saturated carbocycles. The molecule has 0 fully saturated rings. The van der Waals surface area contributed by atoms with E-state index in [0.717, 1.165) is 0 Å². The van der Waals surface area contributed by atoms with Gasteiger partial charge in [0.25, 0.3) is 5.69 Å². The number of carbonyl (C=O) groups excluding carboxylic acids is 1. The third kappa shape index (κ3) is 3.95. The van der Waals surface area contributed by atoms with Crippen LogP contribution in [0.15, 0.2) is 45.3 Å². The van der Waals surface area contributed by atoms with E-state index >= 15 is 0 Å². The monoisotopic (exact) mass is 433 g/mol. The molecule has 0 amide bonds. The minimum atomic E-state index is -0.458. The molecule has 0 unspecified atom stereocenters. The van der Waals surface area contributed by atoms with Gasteiger partial charge in [0.2, 0.25) is 0 Å². The van der Waals surface area contributed by atoms with Gasteiger partial charge < -0.3 is 13.9 Å². The number of aryl methyl sites for hydroxylation is 1. The van der Waals surface area contributed by atoms with Crippen LogP contribution in [-0.2, 0) is 11.3 Å². The lowest BCUT2D eigenvalue weighted by Crippen LogP contribution is -2.05. The fraction of sp³-hybridized carbons (Fsp3) is 0.211. The minimum Gasteiger partial charge on any atom is -0.488 e. The van der Waals surface area contributed by atoms with Crippen LogP contribution in [0.3, 0.4) is 0 Å². The molecular weight excluding hydrogens is 418 g/mol. The summed E-state index contributed by atoms with van der Waals surface area (Å²) in [5.41, 5.74) is 1.55. The van der Waals surface area contributed by atoms with Gasteiger partial charge in [0, 0.05) is 17.5 Å². The van der Waals surface area contributed by atoms with E-state index in [0.29, 0.717) is 38.1 Å². The molecule has 0 spiro atoms. The summed E-state index contributed by atoms with van der Waals surface area (Å²) >= 11 is 3.42. The number of halogens is 1. The van der Waals surface area contributed by atoms with E-state index in [9.17, 15) is 14.9 Å². The van der Waals surface area contributed by atoms with Crippen molar-refractivity contribution in [3.63, 3.8) is 0 Å². The Hall–Kier alpha value is -2.87. The highest BCUT2D eigenvalue weighted by molar-refractivity contribution is 9.10. The lowest BCUT2D eigenvalue weighted by Gasteiger charge is -2.09. The normalized spacial score (nSPS) is 10.8. The molecule has 0 aliphatic carbocycles. The highest BCUT2D eigenvalue weighted by atomic mass is 79.9. The maximum Gasteiger partial charge on any atom is 0.342 e. The predicted molar refractivity (Wildman–Crippen MR) is 102 cm³/mol. The number of carbonyl (C=O) groups is 1. The number of hydrogen-bond acceptors (Lipinski definition) is 6. The lowest BCUT2D eigenvalue weighted by atomic mass is 10.1. The van der Waals surface area contributed by atoms with Gasteiger partial charge in [0.15, 0.2) is 0 Å². The third-order valence-electron chi connectivity index (χ3n) is 3.91. The van der Waals surface area contributed by atoms with E-state index in [1.807, 2.05) is 0 Å². The van der Waals surface area contributed by atoms with Crippen LogP contribution < -0.4 is 4.74 Å². The number of benzene rings is 2. The topological polar surface area (TPSA) is 91.8 Å². The van der Waals surface area contributed by atoms with Gasteiger partial charge in [-0.3, -0.25) is 10.1 Å². The summed E-state index contributed by atoms with van der Waals surface area (Å²) in [7, 11) is 0. The Kier molecular flexibility index (Phi) is 5.46. The Morgan fingerprint density at radius 3 is 2.78 bits per heavy atom. The smallest absolute Gasteiger partial charge is 0.342 e. The molecule has 7 nitrogen and oxygen atoms in total. The van der Waals surface area contributed by atoms with E-state index in [1.54, 1.807) is 38.1 Å². The number of hydrogen-bond donors (Lipinski definition) is 0. The van der Waals surface area contributed by atoms with Gasteiger partial charge in [0.1, 0.15) is 29.3 Å². The van der Waals surface area contributed by atoms with Crippen LogP contribution in [0.2, 0.25) is 0 Å². The van der Waals surface area contributed by atoms with Gasteiger partial charge in [-0.25, -0.2) is 4.79 Å². The first kappa shape index (κ1) is 18.9. The molecule has 27 heavy (non-hydrogen) atoms. The Morgan fingerprint density at radius 1 is 1.30 bits per heavy atom. The fourth-order valence-corrected chi connectivity index (χ4v) is 3.15. The zero-order valence-electron chi connectivity index (χ0n) is 14.7. The first-order valence-electron chi connectivity index (χ1n) is 8.16. The average Bonchev–Trinajstić information content (AvgIpc) is 2.94. The van der Waals surface area contributed by atoms with Crippen molar-refractivity contribution in [2.24, 2.45) is 0 Å². The van der Waals surface area contributed by atoms with Crippen molar-refractivity contribution in [2.45, 2.75) is 20.5 Å². The summed E-state index contributed by atoms with van der Waals surface area (Å²) in [5, 5.41) is 11.5. The van der Waals surface area contributed by atoms with Gasteiger partial charge in [-0.1, -0.05) is 12.1 Å². The van der Waals surface area contributed by atoms with Crippen molar-refractivity contribution in [3.8, 4) is 5.75 Å². The zero-order chi connectivity index (χ0) is 19.6. The van der Waals surface area contributed by atoms with Crippen LogP contribution in [0.5, 0.6) is 5.75 Å². The number of esters is 1. The molecule has 140 valence electrons. The number of ether oxygens (including phenoxy) is 2.